The molecule has 0 saturated carbocycles. The Hall–Kier alpha value is -1.94. The normalized spacial score (nSPS) is 11.2. The van der Waals surface area contributed by atoms with Gasteiger partial charge in [-0.15, -0.1) is 11.3 Å². The van der Waals surface area contributed by atoms with Crippen LogP contribution in [0.5, 0.6) is 0 Å². The predicted octanol–water partition coefficient (Wildman–Crippen LogP) is 4.75. The Morgan fingerprint density at radius 1 is 0.955 bits per heavy atom. The summed E-state index contributed by atoms with van der Waals surface area (Å²) in [5.74, 6) is 1.77. The molecule has 4 heteroatoms. The van der Waals surface area contributed by atoms with Gasteiger partial charge in [0.15, 0.2) is 11.6 Å². The van der Waals surface area contributed by atoms with Gasteiger partial charge in [0.2, 0.25) is 0 Å². The van der Waals surface area contributed by atoms with Crippen LogP contribution in [-0.4, -0.2) is 14.8 Å². The van der Waals surface area contributed by atoms with E-state index < -0.39 is 0 Å². The van der Waals surface area contributed by atoms with E-state index >= 15 is 0 Å². The molecule has 0 amide bonds. The van der Waals surface area contributed by atoms with Crippen molar-refractivity contribution in [2.45, 2.75) is 34.6 Å². The van der Waals surface area contributed by atoms with Gasteiger partial charge in [0.1, 0.15) is 0 Å². The second-order valence-corrected chi connectivity index (χ2v) is 7.11. The zero-order valence-electron chi connectivity index (χ0n) is 14.0. The fourth-order valence-electron chi connectivity index (χ4n) is 2.81. The van der Waals surface area contributed by atoms with Crippen molar-refractivity contribution < 1.29 is 0 Å². The number of nitrogens with zero attached hydrogens (tertiary/aromatic N) is 3. The highest BCUT2D eigenvalue weighted by molar-refractivity contribution is 7.15. The SMILES string of the molecule is Cc1cccc(C)c1-c1nc(-c2sc(C)c(C)c2C)n(C)n1. The van der Waals surface area contributed by atoms with E-state index in [4.69, 9.17) is 4.98 Å². The first kappa shape index (κ1) is 15.0. The first-order chi connectivity index (χ1) is 10.4. The molecule has 3 nitrogen and oxygen atoms in total. The molecule has 0 unspecified atom stereocenters. The van der Waals surface area contributed by atoms with E-state index in [-0.39, 0.29) is 0 Å². The molecule has 3 aromatic rings. The van der Waals surface area contributed by atoms with Gasteiger partial charge in [0.05, 0.1) is 4.88 Å². The van der Waals surface area contributed by atoms with Crippen LogP contribution in [0.4, 0.5) is 0 Å². The summed E-state index contributed by atoms with van der Waals surface area (Å²) < 4.78 is 1.90. The molecule has 2 heterocycles. The molecule has 0 aliphatic heterocycles. The molecular weight excluding hydrogens is 290 g/mol. The standard InChI is InChI=1S/C18H21N3S/c1-10-8-7-9-11(2)15(10)17-19-18(21(6)20-17)16-13(4)12(3)14(5)22-16/h7-9H,1-6H3. The Morgan fingerprint density at radius 3 is 2.14 bits per heavy atom. The second kappa shape index (κ2) is 5.36. The molecular formula is C18H21N3S. The van der Waals surface area contributed by atoms with Crippen LogP contribution in [0.1, 0.15) is 27.1 Å². The molecule has 0 spiro atoms. The maximum atomic E-state index is 4.85. The Bertz CT molecular complexity index is 835. The minimum atomic E-state index is 0.816. The predicted molar refractivity (Wildman–Crippen MR) is 93.4 cm³/mol. The van der Waals surface area contributed by atoms with Crippen molar-refractivity contribution in [1.29, 1.82) is 0 Å². The van der Waals surface area contributed by atoms with Crippen molar-refractivity contribution in [3.05, 3.63) is 45.3 Å². The highest BCUT2D eigenvalue weighted by atomic mass is 32.1. The number of rotatable bonds is 2. The summed E-state index contributed by atoms with van der Waals surface area (Å²) in [4.78, 5) is 7.43. The van der Waals surface area contributed by atoms with Gasteiger partial charge in [-0.1, -0.05) is 18.2 Å². The molecule has 3 rings (SSSR count). The fraction of sp³-hybridized carbons (Fsp3) is 0.333. The topological polar surface area (TPSA) is 30.7 Å². The Balaban J connectivity index is 2.18. The van der Waals surface area contributed by atoms with Crippen molar-refractivity contribution in [1.82, 2.24) is 14.8 Å². The maximum Gasteiger partial charge on any atom is 0.182 e. The van der Waals surface area contributed by atoms with Crippen LogP contribution in [0, 0.1) is 34.6 Å². The molecule has 0 aliphatic rings. The number of hydrogen-bond acceptors (Lipinski definition) is 3. The monoisotopic (exact) mass is 311 g/mol. The number of hydrogen-bond donors (Lipinski definition) is 0. The van der Waals surface area contributed by atoms with E-state index in [9.17, 15) is 0 Å². The zero-order chi connectivity index (χ0) is 16.0. The van der Waals surface area contributed by atoms with Crippen LogP contribution in [-0.2, 0) is 7.05 Å². The third kappa shape index (κ3) is 2.28. The van der Waals surface area contributed by atoms with Gasteiger partial charge >= 0.3 is 0 Å². The quantitative estimate of drug-likeness (QED) is 0.683. The molecule has 0 aliphatic carbocycles. The smallest absolute Gasteiger partial charge is 0.182 e. The number of benzene rings is 1. The van der Waals surface area contributed by atoms with Crippen LogP contribution < -0.4 is 0 Å². The maximum absolute atomic E-state index is 4.85. The molecule has 0 atom stereocenters. The molecule has 0 fully saturated rings. The van der Waals surface area contributed by atoms with Crippen molar-refractivity contribution in [3.8, 4) is 22.1 Å². The lowest BCUT2D eigenvalue weighted by molar-refractivity contribution is 0.778. The van der Waals surface area contributed by atoms with Crippen molar-refractivity contribution in [2.24, 2.45) is 7.05 Å². The Morgan fingerprint density at radius 2 is 1.59 bits per heavy atom. The molecule has 1 aromatic carbocycles. The van der Waals surface area contributed by atoms with Gasteiger partial charge in [0.25, 0.3) is 0 Å². The van der Waals surface area contributed by atoms with Crippen LogP contribution >= 0.6 is 11.3 Å². The van der Waals surface area contributed by atoms with Crippen molar-refractivity contribution in [3.63, 3.8) is 0 Å². The van der Waals surface area contributed by atoms with Gasteiger partial charge in [-0.05, 0) is 56.9 Å². The molecule has 22 heavy (non-hydrogen) atoms. The second-order valence-electron chi connectivity index (χ2n) is 5.89. The lowest BCUT2D eigenvalue weighted by Gasteiger charge is -2.04. The van der Waals surface area contributed by atoms with Gasteiger partial charge < -0.3 is 0 Å². The van der Waals surface area contributed by atoms with Crippen LogP contribution in [0.2, 0.25) is 0 Å². The Labute approximate surface area is 135 Å². The summed E-state index contributed by atoms with van der Waals surface area (Å²) in [6.45, 7) is 10.7. The average Bonchev–Trinajstić information content (AvgIpc) is 2.94. The zero-order valence-corrected chi connectivity index (χ0v) is 14.8. The largest absolute Gasteiger partial charge is 0.248 e. The summed E-state index contributed by atoms with van der Waals surface area (Å²) in [5.41, 5.74) is 6.24. The lowest BCUT2D eigenvalue weighted by atomic mass is 10.0. The summed E-state index contributed by atoms with van der Waals surface area (Å²) in [5, 5.41) is 4.67. The van der Waals surface area contributed by atoms with Crippen molar-refractivity contribution >= 4 is 11.3 Å². The van der Waals surface area contributed by atoms with E-state index in [1.54, 1.807) is 11.3 Å². The van der Waals surface area contributed by atoms with E-state index in [0.717, 1.165) is 17.2 Å². The first-order valence-electron chi connectivity index (χ1n) is 7.44. The minimum absolute atomic E-state index is 0.816. The minimum Gasteiger partial charge on any atom is -0.248 e. The van der Waals surface area contributed by atoms with Crippen molar-refractivity contribution in [2.75, 3.05) is 0 Å². The van der Waals surface area contributed by atoms with Gasteiger partial charge in [-0.2, -0.15) is 5.10 Å². The molecule has 0 saturated heterocycles. The van der Waals surface area contributed by atoms with E-state index in [1.807, 2.05) is 11.7 Å². The van der Waals surface area contributed by atoms with E-state index in [2.05, 4.69) is 57.9 Å². The first-order valence-corrected chi connectivity index (χ1v) is 8.26. The van der Waals surface area contributed by atoms with Gasteiger partial charge in [-0.3, -0.25) is 0 Å². The van der Waals surface area contributed by atoms with Gasteiger partial charge in [-0.25, -0.2) is 9.67 Å². The van der Waals surface area contributed by atoms with E-state index in [0.29, 0.717) is 0 Å². The van der Waals surface area contributed by atoms with Crippen LogP contribution in [0.25, 0.3) is 22.1 Å². The fourth-order valence-corrected chi connectivity index (χ4v) is 4.00. The Kier molecular flexibility index (Phi) is 3.65. The highest BCUT2D eigenvalue weighted by Gasteiger charge is 2.18. The van der Waals surface area contributed by atoms with Gasteiger partial charge in [0, 0.05) is 17.5 Å². The van der Waals surface area contributed by atoms with E-state index in [1.165, 1.54) is 32.0 Å². The number of thiophene rings is 1. The summed E-state index contributed by atoms with van der Waals surface area (Å²) in [6.07, 6.45) is 0. The number of aromatic nitrogens is 3. The molecule has 2 aromatic heterocycles. The molecule has 0 bridgehead atoms. The molecule has 114 valence electrons. The highest BCUT2D eigenvalue weighted by Crippen LogP contribution is 2.35. The molecule has 0 N–H and O–H groups in total. The number of aryl methyl sites for hydroxylation is 4. The molecule has 0 radical (unpaired) electrons. The third-order valence-corrected chi connectivity index (χ3v) is 5.66. The average molecular weight is 311 g/mol. The van der Waals surface area contributed by atoms with Crippen LogP contribution in [0.3, 0.4) is 0 Å². The summed E-state index contributed by atoms with van der Waals surface area (Å²) in [6, 6.07) is 6.31. The summed E-state index contributed by atoms with van der Waals surface area (Å²) >= 11 is 1.80. The summed E-state index contributed by atoms with van der Waals surface area (Å²) in [7, 11) is 1.98. The van der Waals surface area contributed by atoms with Crippen LogP contribution in [0.15, 0.2) is 18.2 Å². The third-order valence-electron chi connectivity index (χ3n) is 4.36. The lowest BCUT2D eigenvalue weighted by Crippen LogP contribution is -1.94.